The lowest BCUT2D eigenvalue weighted by molar-refractivity contribution is -0.00614. The maximum atomic E-state index is 12.6. The van der Waals surface area contributed by atoms with E-state index in [9.17, 15) is 4.79 Å². The summed E-state index contributed by atoms with van der Waals surface area (Å²) in [6, 6.07) is 10.7. The first-order chi connectivity index (χ1) is 12.1. The summed E-state index contributed by atoms with van der Waals surface area (Å²) in [7, 11) is 4.20. The topological polar surface area (TPSA) is 44.8 Å². The van der Waals surface area contributed by atoms with Gasteiger partial charge in [0.15, 0.2) is 0 Å². The first-order valence-corrected chi connectivity index (χ1v) is 9.41. The standard InChI is InChI=1S/C20H31N3O2/c1-22(2)20(9-12-25-13-10-20)16-21-19(24)23-11-8-18(15-23)14-17-6-4-3-5-7-17/h3-7,18H,8-16H2,1-2H3,(H,21,24)/t18-/m0/s1. The Morgan fingerprint density at radius 1 is 1.28 bits per heavy atom. The number of carbonyl (C=O) groups excluding carboxylic acids is 1. The molecule has 0 bridgehead atoms. The molecule has 2 fully saturated rings. The van der Waals surface area contributed by atoms with Gasteiger partial charge in [0.2, 0.25) is 0 Å². The van der Waals surface area contributed by atoms with Gasteiger partial charge in [-0.15, -0.1) is 0 Å². The van der Waals surface area contributed by atoms with Gasteiger partial charge < -0.3 is 19.9 Å². The number of amides is 2. The van der Waals surface area contributed by atoms with E-state index in [1.165, 1.54) is 5.56 Å². The maximum absolute atomic E-state index is 12.6. The molecule has 2 saturated heterocycles. The molecule has 1 N–H and O–H groups in total. The van der Waals surface area contributed by atoms with E-state index in [1.54, 1.807) is 0 Å². The third kappa shape index (κ3) is 4.53. The number of carbonyl (C=O) groups is 1. The van der Waals surface area contributed by atoms with Crippen molar-refractivity contribution in [3.63, 3.8) is 0 Å². The molecule has 0 spiro atoms. The van der Waals surface area contributed by atoms with Gasteiger partial charge in [0.05, 0.1) is 0 Å². The highest BCUT2D eigenvalue weighted by molar-refractivity contribution is 5.74. The highest BCUT2D eigenvalue weighted by atomic mass is 16.5. The van der Waals surface area contributed by atoms with E-state index in [1.807, 2.05) is 4.90 Å². The van der Waals surface area contributed by atoms with E-state index in [4.69, 9.17) is 4.74 Å². The lowest BCUT2D eigenvalue weighted by atomic mass is 9.88. The molecular weight excluding hydrogens is 314 g/mol. The average molecular weight is 345 g/mol. The van der Waals surface area contributed by atoms with Crippen molar-refractivity contribution in [2.75, 3.05) is 46.9 Å². The SMILES string of the molecule is CN(C)C1(CNC(=O)N2CC[C@@H](Cc3ccccc3)C2)CCOCC1. The second-order valence-corrected chi connectivity index (χ2v) is 7.68. The van der Waals surface area contributed by atoms with Crippen LogP contribution >= 0.6 is 0 Å². The summed E-state index contributed by atoms with van der Waals surface area (Å²) in [6.07, 6.45) is 4.09. The number of likely N-dealkylation sites (N-methyl/N-ethyl adjacent to an activating group) is 1. The Labute approximate surface area is 151 Å². The van der Waals surface area contributed by atoms with Crippen molar-refractivity contribution in [1.29, 1.82) is 0 Å². The lowest BCUT2D eigenvalue weighted by Gasteiger charge is -2.43. The van der Waals surface area contributed by atoms with E-state index in [-0.39, 0.29) is 11.6 Å². The zero-order valence-corrected chi connectivity index (χ0v) is 15.5. The van der Waals surface area contributed by atoms with Crippen LogP contribution in [0.4, 0.5) is 4.79 Å². The van der Waals surface area contributed by atoms with Crippen LogP contribution in [0.1, 0.15) is 24.8 Å². The van der Waals surface area contributed by atoms with Gasteiger partial charge in [-0.05, 0) is 51.3 Å². The Balaban J connectivity index is 1.48. The van der Waals surface area contributed by atoms with E-state index in [0.717, 1.165) is 52.0 Å². The van der Waals surface area contributed by atoms with Crippen LogP contribution < -0.4 is 5.32 Å². The summed E-state index contributed by atoms with van der Waals surface area (Å²) in [5, 5.41) is 3.19. The van der Waals surface area contributed by atoms with E-state index in [2.05, 4.69) is 54.6 Å². The van der Waals surface area contributed by atoms with Crippen molar-refractivity contribution < 1.29 is 9.53 Å². The molecule has 0 unspecified atom stereocenters. The molecule has 1 atom stereocenters. The number of ether oxygens (including phenoxy) is 1. The van der Waals surface area contributed by atoms with Crippen LogP contribution in [0.25, 0.3) is 0 Å². The molecule has 0 radical (unpaired) electrons. The largest absolute Gasteiger partial charge is 0.381 e. The molecule has 2 aliphatic heterocycles. The minimum absolute atomic E-state index is 0.0249. The minimum atomic E-state index is 0.0249. The molecule has 3 rings (SSSR count). The number of rotatable bonds is 5. The van der Waals surface area contributed by atoms with Crippen molar-refractivity contribution in [1.82, 2.24) is 15.1 Å². The number of nitrogens with one attached hydrogen (secondary N) is 1. The van der Waals surface area contributed by atoms with Crippen molar-refractivity contribution in [3.05, 3.63) is 35.9 Å². The Morgan fingerprint density at radius 2 is 2.00 bits per heavy atom. The Morgan fingerprint density at radius 3 is 2.68 bits per heavy atom. The Kier molecular flexibility index (Phi) is 5.97. The molecule has 0 saturated carbocycles. The van der Waals surface area contributed by atoms with Crippen molar-refractivity contribution in [2.24, 2.45) is 5.92 Å². The molecule has 2 aliphatic rings. The number of hydrogen-bond acceptors (Lipinski definition) is 3. The van der Waals surface area contributed by atoms with Gasteiger partial charge in [0, 0.05) is 38.4 Å². The molecule has 5 nitrogen and oxygen atoms in total. The summed E-state index contributed by atoms with van der Waals surface area (Å²) in [5.41, 5.74) is 1.39. The minimum Gasteiger partial charge on any atom is -0.381 e. The van der Waals surface area contributed by atoms with Crippen LogP contribution in [-0.4, -0.2) is 68.3 Å². The van der Waals surface area contributed by atoms with Gasteiger partial charge in [-0.3, -0.25) is 0 Å². The van der Waals surface area contributed by atoms with Crippen molar-refractivity contribution in [2.45, 2.75) is 31.2 Å². The van der Waals surface area contributed by atoms with Crippen LogP contribution in [0.15, 0.2) is 30.3 Å². The number of likely N-dealkylation sites (tertiary alicyclic amines) is 1. The number of benzene rings is 1. The van der Waals surface area contributed by atoms with Gasteiger partial charge in [0.25, 0.3) is 0 Å². The van der Waals surface area contributed by atoms with Crippen LogP contribution in [0.5, 0.6) is 0 Å². The fourth-order valence-corrected chi connectivity index (χ4v) is 4.02. The summed E-state index contributed by atoms with van der Waals surface area (Å²) < 4.78 is 5.50. The molecule has 2 heterocycles. The van der Waals surface area contributed by atoms with Crippen LogP contribution in [-0.2, 0) is 11.2 Å². The smallest absolute Gasteiger partial charge is 0.317 e. The fraction of sp³-hybridized carbons (Fsp3) is 0.650. The van der Waals surface area contributed by atoms with Crippen LogP contribution in [0.2, 0.25) is 0 Å². The van der Waals surface area contributed by atoms with Gasteiger partial charge in [0.1, 0.15) is 0 Å². The molecule has 5 heteroatoms. The Bertz CT molecular complexity index is 555. The van der Waals surface area contributed by atoms with E-state index >= 15 is 0 Å². The zero-order valence-electron chi connectivity index (χ0n) is 15.5. The predicted molar refractivity (Wildman–Crippen MR) is 99.7 cm³/mol. The highest BCUT2D eigenvalue weighted by Gasteiger charge is 2.36. The second kappa shape index (κ2) is 8.19. The lowest BCUT2D eigenvalue weighted by Crippen LogP contribution is -2.57. The number of hydrogen-bond donors (Lipinski definition) is 1. The average Bonchev–Trinajstić information content (AvgIpc) is 3.10. The number of urea groups is 1. The molecular formula is C20H31N3O2. The van der Waals surface area contributed by atoms with Crippen LogP contribution in [0.3, 0.4) is 0 Å². The molecule has 1 aromatic rings. The van der Waals surface area contributed by atoms with Crippen molar-refractivity contribution >= 4 is 6.03 Å². The molecule has 2 amide bonds. The van der Waals surface area contributed by atoms with Gasteiger partial charge in [-0.2, -0.15) is 0 Å². The third-order valence-corrected chi connectivity index (χ3v) is 5.88. The molecule has 0 aromatic heterocycles. The van der Waals surface area contributed by atoms with E-state index in [0.29, 0.717) is 12.5 Å². The first-order valence-electron chi connectivity index (χ1n) is 9.41. The zero-order chi connectivity index (χ0) is 17.7. The molecule has 0 aliphatic carbocycles. The molecule has 138 valence electrons. The van der Waals surface area contributed by atoms with Gasteiger partial charge in [-0.1, -0.05) is 30.3 Å². The van der Waals surface area contributed by atoms with Crippen molar-refractivity contribution in [3.8, 4) is 0 Å². The van der Waals surface area contributed by atoms with Gasteiger partial charge >= 0.3 is 6.03 Å². The van der Waals surface area contributed by atoms with Crippen LogP contribution in [0, 0.1) is 5.92 Å². The molecule has 1 aromatic carbocycles. The summed E-state index contributed by atoms with van der Waals surface area (Å²) in [4.78, 5) is 16.8. The third-order valence-electron chi connectivity index (χ3n) is 5.88. The monoisotopic (exact) mass is 345 g/mol. The normalized spacial score (nSPS) is 23.0. The van der Waals surface area contributed by atoms with E-state index < -0.39 is 0 Å². The quantitative estimate of drug-likeness (QED) is 0.891. The summed E-state index contributed by atoms with van der Waals surface area (Å²) in [6.45, 7) is 3.97. The second-order valence-electron chi connectivity index (χ2n) is 7.68. The summed E-state index contributed by atoms with van der Waals surface area (Å²) in [5.74, 6) is 0.569. The molecule has 25 heavy (non-hydrogen) atoms. The first kappa shape index (κ1) is 18.2. The number of nitrogens with zero attached hydrogens (tertiary/aromatic N) is 2. The highest BCUT2D eigenvalue weighted by Crippen LogP contribution is 2.26. The Hall–Kier alpha value is -1.59. The fourth-order valence-electron chi connectivity index (χ4n) is 4.02. The van der Waals surface area contributed by atoms with Gasteiger partial charge in [-0.25, -0.2) is 4.79 Å². The maximum Gasteiger partial charge on any atom is 0.317 e. The predicted octanol–water partition coefficient (Wildman–Crippen LogP) is 2.37. The summed E-state index contributed by atoms with van der Waals surface area (Å²) >= 11 is 0.